The fraction of sp³-hybridized carbons (Fsp3) is 0.333. The monoisotopic (exact) mass is 204 g/mol. The van der Waals surface area contributed by atoms with Crippen molar-refractivity contribution in [1.29, 1.82) is 0 Å². The predicted octanol–water partition coefficient (Wildman–Crippen LogP) is 2.37. The quantitative estimate of drug-likeness (QED) is 0.596. The van der Waals surface area contributed by atoms with E-state index in [0.717, 1.165) is 5.56 Å². The topological polar surface area (TPSA) is 41.5 Å². The second kappa shape index (κ2) is 5.29. The van der Waals surface area contributed by atoms with Gasteiger partial charge in [-0.2, -0.15) is 5.10 Å². The van der Waals surface area contributed by atoms with Gasteiger partial charge in [0, 0.05) is 11.8 Å². The fourth-order valence-electron chi connectivity index (χ4n) is 1.10. The molecule has 1 aromatic carbocycles. The third-order valence-corrected chi connectivity index (χ3v) is 1.82. The zero-order valence-electron chi connectivity index (χ0n) is 9.32. The number of nitrogens with one attached hydrogen (secondary N) is 1. The van der Waals surface area contributed by atoms with E-state index in [2.05, 4.69) is 10.5 Å². The number of carbonyl (C=O) groups is 1. The van der Waals surface area contributed by atoms with E-state index in [-0.39, 0.29) is 5.91 Å². The van der Waals surface area contributed by atoms with E-state index in [4.69, 9.17) is 0 Å². The summed E-state index contributed by atoms with van der Waals surface area (Å²) in [5.74, 6) is 0.165. The highest BCUT2D eigenvalue weighted by molar-refractivity contribution is 5.94. The van der Waals surface area contributed by atoms with Gasteiger partial charge in [0.15, 0.2) is 0 Å². The summed E-state index contributed by atoms with van der Waals surface area (Å²) < 4.78 is 0. The normalized spacial score (nSPS) is 10.9. The molecule has 3 heteroatoms. The summed E-state index contributed by atoms with van der Waals surface area (Å²) in [5, 5.41) is 3.85. The molecule has 0 unspecified atom stereocenters. The number of nitrogens with zero attached hydrogens (tertiary/aromatic N) is 1. The van der Waals surface area contributed by atoms with Gasteiger partial charge in [0.1, 0.15) is 0 Å². The molecule has 1 rings (SSSR count). The van der Waals surface area contributed by atoms with Crippen LogP contribution >= 0.6 is 0 Å². The van der Waals surface area contributed by atoms with Gasteiger partial charge in [0.25, 0.3) is 5.91 Å². The van der Waals surface area contributed by atoms with Gasteiger partial charge in [-0.15, -0.1) is 0 Å². The number of hydrazone groups is 1. The molecule has 1 amide bonds. The summed E-state index contributed by atoms with van der Waals surface area (Å²) >= 11 is 0. The molecule has 0 atom stereocenters. The minimum absolute atomic E-state index is 0.171. The molecule has 0 spiro atoms. The van der Waals surface area contributed by atoms with Crippen LogP contribution in [-0.4, -0.2) is 12.1 Å². The number of hydrogen-bond acceptors (Lipinski definition) is 2. The maximum atomic E-state index is 11.6. The van der Waals surface area contributed by atoms with E-state index < -0.39 is 0 Å². The Balaban J connectivity index is 2.62. The van der Waals surface area contributed by atoms with Crippen LogP contribution in [-0.2, 0) is 0 Å². The summed E-state index contributed by atoms with van der Waals surface area (Å²) in [6.45, 7) is 5.96. The molecule has 0 aliphatic rings. The Bertz CT molecular complexity index is 370. The second-order valence-corrected chi connectivity index (χ2v) is 3.83. The van der Waals surface area contributed by atoms with Gasteiger partial charge in [0.05, 0.1) is 0 Å². The fourth-order valence-corrected chi connectivity index (χ4v) is 1.10. The SMILES string of the molecule is Cc1cccc(C(=O)N/N=C/C(C)C)c1. The molecule has 0 aromatic heterocycles. The molecule has 80 valence electrons. The molecular formula is C12H16N2O. The van der Waals surface area contributed by atoms with Gasteiger partial charge in [-0.25, -0.2) is 5.43 Å². The number of amides is 1. The first-order chi connectivity index (χ1) is 7.09. The molecule has 0 fully saturated rings. The molecule has 0 aliphatic carbocycles. The van der Waals surface area contributed by atoms with Crippen molar-refractivity contribution < 1.29 is 4.79 Å². The molecule has 0 heterocycles. The molecule has 3 nitrogen and oxygen atoms in total. The average Bonchev–Trinajstić information content (AvgIpc) is 2.17. The second-order valence-electron chi connectivity index (χ2n) is 3.83. The predicted molar refractivity (Wildman–Crippen MR) is 62.0 cm³/mol. The summed E-state index contributed by atoms with van der Waals surface area (Å²) in [7, 11) is 0. The maximum Gasteiger partial charge on any atom is 0.271 e. The summed E-state index contributed by atoms with van der Waals surface area (Å²) in [5.41, 5.74) is 4.19. The lowest BCUT2D eigenvalue weighted by Crippen LogP contribution is -2.18. The van der Waals surface area contributed by atoms with Gasteiger partial charge in [-0.05, 0) is 25.0 Å². The third-order valence-electron chi connectivity index (χ3n) is 1.82. The largest absolute Gasteiger partial charge is 0.271 e. The van der Waals surface area contributed by atoms with Crippen molar-refractivity contribution in [2.75, 3.05) is 0 Å². The van der Waals surface area contributed by atoms with Gasteiger partial charge in [-0.3, -0.25) is 4.79 Å². The molecule has 1 aromatic rings. The molecule has 0 aliphatic heterocycles. The molecule has 0 bridgehead atoms. The van der Waals surface area contributed by atoms with E-state index in [9.17, 15) is 4.79 Å². The minimum atomic E-state index is -0.171. The van der Waals surface area contributed by atoms with Crippen LogP contribution in [0.2, 0.25) is 0 Å². The Kier molecular flexibility index (Phi) is 4.03. The third kappa shape index (κ3) is 3.94. The van der Waals surface area contributed by atoms with Crippen LogP contribution in [0.25, 0.3) is 0 Å². The minimum Gasteiger partial charge on any atom is -0.267 e. The maximum absolute atomic E-state index is 11.6. The lowest BCUT2D eigenvalue weighted by Gasteiger charge is -2.01. The number of benzene rings is 1. The Morgan fingerprint density at radius 1 is 1.47 bits per heavy atom. The van der Waals surface area contributed by atoms with Crippen molar-refractivity contribution in [3.8, 4) is 0 Å². The molecule has 0 saturated carbocycles. The van der Waals surface area contributed by atoms with E-state index in [1.807, 2.05) is 39.0 Å². The Hall–Kier alpha value is -1.64. The van der Waals surface area contributed by atoms with Gasteiger partial charge in [0.2, 0.25) is 0 Å². The van der Waals surface area contributed by atoms with Crippen LogP contribution in [0, 0.1) is 12.8 Å². The van der Waals surface area contributed by atoms with Gasteiger partial charge in [-0.1, -0.05) is 31.5 Å². The Morgan fingerprint density at radius 2 is 2.20 bits per heavy atom. The van der Waals surface area contributed by atoms with Crippen LogP contribution in [0.3, 0.4) is 0 Å². The zero-order chi connectivity index (χ0) is 11.3. The summed E-state index contributed by atoms with van der Waals surface area (Å²) in [6, 6.07) is 7.41. The van der Waals surface area contributed by atoms with Crippen LogP contribution in [0.1, 0.15) is 29.8 Å². The molecule has 15 heavy (non-hydrogen) atoms. The lowest BCUT2D eigenvalue weighted by molar-refractivity contribution is 0.0955. The standard InChI is InChI=1S/C12H16N2O/c1-9(2)8-13-14-12(15)11-6-4-5-10(3)7-11/h4-9H,1-3H3,(H,14,15)/b13-8+. The summed E-state index contributed by atoms with van der Waals surface area (Å²) in [6.07, 6.45) is 1.70. The van der Waals surface area contributed by atoms with E-state index in [0.29, 0.717) is 11.5 Å². The Morgan fingerprint density at radius 3 is 2.80 bits per heavy atom. The van der Waals surface area contributed by atoms with Gasteiger partial charge < -0.3 is 0 Å². The van der Waals surface area contributed by atoms with E-state index >= 15 is 0 Å². The summed E-state index contributed by atoms with van der Waals surface area (Å²) in [4.78, 5) is 11.6. The molecular weight excluding hydrogens is 188 g/mol. The zero-order valence-corrected chi connectivity index (χ0v) is 9.32. The highest BCUT2D eigenvalue weighted by Crippen LogP contribution is 2.03. The lowest BCUT2D eigenvalue weighted by atomic mass is 10.1. The van der Waals surface area contributed by atoms with Gasteiger partial charge >= 0.3 is 0 Å². The first-order valence-corrected chi connectivity index (χ1v) is 5.00. The molecule has 0 saturated heterocycles. The smallest absolute Gasteiger partial charge is 0.267 e. The highest BCUT2D eigenvalue weighted by Gasteiger charge is 2.02. The number of hydrogen-bond donors (Lipinski definition) is 1. The molecule has 1 N–H and O–H groups in total. The Labute approximate surface area is 90.2 Å². The first-order valence-electron chi connectivity index (χ1n) is 5.00. The van der Waals surface area contributed by atoms with Crippen molar-refractivity contribution in [2.24, 2.45) is 11.0 Å². The van der Waals surface area contributed by atoms with Crippen molar-refractivity contribution in [2.45, 2.75) is 20.8 Å². The average molecular weight is 204 g/mol. The molecule has 0 radical (unpaired) electrons. The number of carbonyl (C=O) groups excluding carboxylic acids is 1. The van der Waals surface area contributed by atoms with Crippen LogP contribution in [0.4, 0.5) is 0 Å². The van der Waals surface area contributed by atoms with Crippen molar-refractivity contribution in [3.63, 3.8) is 0 Å². The van der Waals surface area contributed by atoms with Crippen molar-refractivity contribution in [1.82, 2.24) is 5.43 Å². The number of aryl methyl sites for hydroxylation is 1. The van der Waals surface area contributed by atoms with Crippen molar-refractivity contribution in [3.05, 3.63) is 35.4 Å². The first kappa shape index (κ1) is 11.4. The van der Waals surface area contributed by atoms with Crippen LogP contribution < -0.4 is 5.43 Å². The highest BCUT2D eigenvalue weighted by atomic mass is 16.2. The van der Waals surface area contributed by atoms with E-state index in [1.165, 1.54) is 0 Å². The van der Waals surface area contributed by atoms with Crippen LogP contribution in [0.5, 0.6) is 0 Å². The number of rotatable bonds is 3. The van der Waals surface area contributed by atoms with E-state index in [1.54, 1.807) is 12.3 Å². The van der Waals surface area contributed by atoms with Crippen LogP contribution in [0.15, 0.2) is 29.4 Å². The van der Waals surface area contributed by atoms with Crippen molar-refractivity contribution >= 4 is 12.1 Å².